The zero-order valence-electron chi connectivity index (χ0n) is 17.7. The van der Waals surface area contributed by atoms with E-state index in [-0.39, 0.29) is 23.4 Å². The Labute approximate surface area is 164 Å². The Kier molecular flexibility index (Phi) is 9.57. The van der Waals surface area contributed by atoms with E-state index in [4.69, 9.17) is 4.74 Å². The molecule has 0 amide bonds. The summed E-state index contributed by atoms with van der Waals surface area (Å²) in [7, 11) is 1.34. The van der Waals surface area contributed by atoms with E-state index in [1.165, 1.54) is 23.8 Å². The lowest BCUT2D eigenvalue weighted by atomic mass is 9.77. The quantitative estimate of drug-likeness (QED) is 0.528. The maximum atomic E-state index is 12.1. The number of Topliss-reactive ketones (excluding diaryl/α,β-unsaturated/α-hetero) is 1. The minimum absolute atomic E-state index is 0.0567. The van der Waals surface area contributed by atoms with Crippen molar-refractivity contribution in [1.29, 1.82) is 0 Å². The molecule has 0 saturated heterocycles. The second-order valence-corrected chi connectivity index (χ2v) is 7.88. The molecule has 0 unspecified atom stereocenters. The van der Waals surface area contributed by atoms with E-state index in [1.54, 1.807) is 0 Å². The van der Waals surface area contributed by atoms with Gasteiger partial charge in [-0.1, -0.05) is 41.9 Å². The summed E-state index contributed by atoms with van der Waals surface area (Å²) in [5.41, 5.74) is 4.00. The van der Waals surface area contributed by atoms with E-state index < -0.39 is 11.9 Å². The van der Waals surface area contributed by atoms with Crippen molar-refractivity contribution in [2.24, 2.45) is 11.8 Å². The standard InChI is InChI=1S/C23H36O4/c1-15(2)9-7-10-16(3)11-8-12-17(4)13-14-19-18(5)20(24)23(27-6)22(26)21(19)25/h9,11,13,18-19,21,24-25H,7-8,10,12,14H2,1-6H3/b16-11+,17-13+/t18-,19-,21-/m1/s1. The molecule has 0 bridgehead atoms. The Hall–Kier alpha value is -1.81. The van der Waals surface area contributed by atoms with Crippen molar-refractivity contribution in [3.8, 4) is 0 Å². The summed E-state index contributed by atoms with van der Waals surface area (Å²) in [5, 5.41) is 20.5. The van der Waals surface area contributed by atoms with Crippen LogP contribution in [0.25, 0.3) is 0 Å². The zero-order chi connectivity index (χ0) is 20.6. The topological polar surface area (TPSA) is 66.8 Å². The molecule has 4 nitrogen and oxygen atoms in total. The van der Waals surface area contributed by atoms with Crippen LogP contribution in [0, 0.1) is 11.8 Å². The van der Waals surface area contributed by atoms with E-state index in [9.17, 15) is 15.0 Å². The molecule has 4 heteroatoms. The van der Waals surface area contributed by atoms with Crippen molar-refractivity contribution in [3.63, 3.8) is 0 Å². The van der Waals surface area contributed by atoms with Crippen molar-refractivity contribution in [2.45, 2.75) is 72.8 Å². The summed E-state index contributed by atoms with van der Waals surface area (Å²) in [6, 6.07) is 0. The summed E-state index contributed by atoms with van der Waals surface area (Å²) in [6.45, 7) is 10.3. The van der Waals surface area contributed by atoms with Crippen LogP contribution in [-0.2, 0) is 9.53 Å². The van der Waals surface area contributed by atoms with E-state index in [0.717, 1.165) is 25.7 Å². The number of methoxy groups -OCH3 is 1. The number of hydrogen-bond acceptors (Lipinski definition) is 4. The van der Waals surface area contributed by atoms with Crippen LogP contribution in [0.3, 0.4) is 0 Å². The molecular formula is C23H36O4. The third kappa shape index (κ3) is 7.02. The molecule has 1 aliphatic rings. The highest BCUT2D eigenvalue weighted by molar-refractivity contribution is 5.98. The molecule has 0 aromatic heterocycles. The highest BCUT2D eigenvalue weighted by Crippen LogP contribution is 2.34. The first kappa shape index (κ1) is 23.2. The van der Waals surface area contributed by atoms with Gasteiger partial charge in [-0.2, -0.15) is 0 Å². The van der Waals surface area contributed by atoms with E-state index >= 15 is 0 Å². The number of carbonyl (C=O) groups is 1. The molecular weight excluding hydrogens is 340 g/mol. The predicted molar refractivity (Wildman–Crippen MR) is 110 cm³/mol. The van der Waals surface area contributed by atoms with Crippen molar-refractivity contribution in [1.82, 2.24) is 0 Å². The fraction of sp³-hybridized carbons (Fsp3) is 0.609. The predicted octanol–water partition coefficient (Wildman–Crippen LogP) is 5.41. The highest BCUT2D eigenvalue weighted by Gasteiger charge is 2.41. The lowest BCUT2D eigenvalue weighted by Crippen LogP contribution is -2.40. The van der Waals surface area contributed by atoms with Gasteiger partial charge >= 0.3 is 0 Å². The largest absolute Gasteiger partial charge is 0.508 e. The molecule has 3 atom stereocenters. The molecule has 1 rings (SSSR count). The summed E-state index contributed by atoms with van der Waals surface area (Å²) in [6.07, 6.45) is 10.2. The molecule has 1 aliphatic carbocycles. The zero-order valence-corrected chi connectivity index (χ0v) is 17.7. The number of allylic oxidation sites excluding steroid dienone is 7. The van der Waals surface area contributed by atoms with Crippen LogP contribution in [0.5, 0.6) is 0 Å². The monoisotopic (exact) mass is 376 g/mol. The Bertz CT molecular complexity index is 633. The first-order valence-corrected chi connectivity index (χ1v) is 9.83. The summed E-state index contributed by atoms with van der Waals surface area (Å²) in [4.78, 5) is 12.1. The van der Waals surface area contributed by atoms with Gasteiger partial charge in [0.05, 0.1) is 7.11 Å². The van der Waals surface area contributed by atoms with E-state index in [0.29, 0.717) is 6.42 Å². The molecule has 2 N–H and O–H groups in total. The number of aliphatic hydroxyl groups is 2. The molecule has 0 fully saturated rings. The fourth-order valence-electron chi connectivity index (χ4n) is 3.35. The number of rotatable bonds is 9. The molecule has 0 radical (unpaired) electrons. The van der Waals surface area contributed by atoms with Gasteiger partial charge in [-0.3, -0.25) is 4.79 Å². The first-order chi connectivity index (χ1) is 12.7. The Morgan fingerprint density at radius 3 is 2.15 bits per heavy atom. The lowest BCUT2D eigenvalue weighted by Gasteiger charge is -2.32. The van der Waals surface area contributed by atoms with Gasteiger partial charge in [0.15, 0.2) is 0 Å². The number of ketones is 1. The third-order valence-electron chi connectivity index (χ3n) is 5.27. The van der Waals surface area contributed by atoms with Crippen LogP contribution in [-0.4, -0.2) is 29.2 Å². The molecule has 0 aromatic carbocycles. The Balaban J connectivity index is 2.58. The first-order valence-electron chi connectivity index (χ1n) is 9.83. The molecule has 0 saturated carbocycles. The number of ether oxygens (including phenoxy) is 1. The van der Waals surface area contributed by atoms with Crippen LogP contribution in [0.2, 0.25) is 0 Å². The van der Waals surface area contributed by atoms with Crippen molar-refractivity contribution in [2.75, 3.05) is 7.11 Å². The SMILES string of the molecule is COC1=C(O)[C@H](C)[C@@H](C/C=C(\C)CC/C=C(\C)CCC=C(C)C)[C@@H](O)C1=O. The summed E-state index contributed by atoms with van der Waals surface area (Å²) >= 11 is 0. The van der Waals surface area contributed by atoms with Gasteiger partial charge in [0.25, 0.3) is 0 Å². The summed E-state index contributed by atoms with van der Waals surface area (Å²) in [5.74, 6) is -1.33. The van der Waals surface area contributed by atoms with E-state index in [2.05, 4.69) is 45.9 Å². The third-order valence-corrected chi connectivity index (χ3v) is 5.27. The molecule has 0 spiro atoms. The smallest absolute Gasteiger partial charge is 0.229 e. The van der Waals surface area contributed by atoms with Crippen molar-refractivity contribution >= 4 is 5.78 Å². The molecule has 0 heterocycles. The fourth-order valence-corrected chi connectivity index (χ4v) is 3.35. The van der Waals surface area contributed by atoms with Crippen molar-refractivity contribution in [3.05, 3.63) is 46.5 Å². The molecule has 0 aromatic rings. The maximum Gasteiger partial charge on any atom is 0.229 e. The number of aliphatic hydroxyl groups excluding tert-OH is 2. The van der Waals surface area contributed by atoms with Gasteiger partial charge < -0.3 is 14.9 Å². The van der Waals surface area contributed by atoms with Crippen molar-refractivity contribution < 1.29 is 19.7 Å². The second-order valence-electron chi connectivity index (χ2n) is 7.88. The van der Waals surface area contributed by atoms with Crippen LogP contribution in [0.4, 0.5) is 0 Å². The number of carbonyl (C=O) groups excluding carboxylic acids is 1. The van der Waals surface area contributed by atoms with Crippen LogP contribution < -0.4 is 0 Å². The minimum Gasteiger partial charge on any atom is -0.508 e. The average molecular weight is 377 g/mol. The van der Waals surface area contributed by atoms with Crippen LogP contribution in [0.1, 0.15) is 66.7 Å². The maximum absolute atomic E-state index is 12.1. The van der Waals surface area contributed by atoms with Crippen LogP contribution >= 0.6 is 0 Å². The Morgan fingerprint density at radius 1 is 1.04 bits per heavy atom. The lowest BCUT2D eigenvalue weighted by molar-refractivity contribution is -0.132. The summed E-state index contributed by atoms with van der Waals surface area (Å²) < 4.78 is 4.94. The van der Waals surface area contributed by atoms with E-state index in [1.807, 2.05) is 6.92 Å². The van der Waals surface area contributed by atoms with Gasteiger partial charge in [0.2, 0.25) is 11.5 Å². The van der Waals surface area contributed by atoms with Gasteiger partial charge in [0.1, 0.15) is 11.9 Å². The molecule has 152 valence electrons. The average Bonchev–Trinajstić information content (AvgIpc) is 2.60. The second kappa shape index (κ2) is 11.1. The Morgan fingerprint density at radius 2 is 1.59 bits per heavy atom. The van der Waals surface area contributed by atoms with Gasteiger partial charge in [-0.05, 0) is 59.8 Å². The molecule has 27 heavy (non-hydrogen) atoms. The normalized spacial score (nSPS) is 24.3. The number of hydrogen-bond donors (Lipinski definition) is 2. The van der Waals surface area contributed by atoms with Gasteiger partial charge in [0, 0.05) is 11.8 Å². The highest BCUT2D eigenvalue weighted by atomic mass is 16.5. The molecule has 0 aliphatic heterocycles. The van der Waals surface area contributed by atoms with Gasteiger partial charge in [-0.15, -0.1) is 0 Å². The minimum atomic E-state index is -1.13. The van der Waals surface area contributed by atoms with Gasteiger partial charge in [-0.25, -0.2) is 0 Å². The van der Waals surface area contributed by atoms with Crippen LogP contribution in [0.15, 0.2) is 46.5 Å².